The van der Waals surface area contributed by atoms with Gasteiger partial charge in [0.2, 0.25) is 5.88 Å². The SMILES string of the molecule is O=Nc1c(O)n(CCOc2ccc3ccccc3c2)c2ccc([N+](=O)[O-])cc12. The third-order valence-electron chi connectivity index (χ3n) is 4.60. The Bertz CT molecular complexity index is 1220. The van der Waals surface area contributed by atoms with Crippen LogP contribution >= 0.6 is 0 Å². The number of fused-ring (bicyclic) bond motifs is 2. The highest BCUT2D eigenvalue weighted by Gasteiger charge is 2.20. The van der Waals surface area contributed by atoms with Crippen LogP contribution in [-0.4, -0.2) is 21.2 Å². The third kappa shape index (κ3) is 3.01. The molecule has 1 heterocycles. The van der Waals surface area contributed by atoms with E-state index in [2.05, 4.69) is 5.18 Å². The maximum absolute atomic E-state index is 11.1. The van der Waals surface area contributed by atoms with Gasteiger partial charge in [0.1, 0.15) is 12.4 Å². The number of nitro groups is 1. The van der Waals surface area contributed by atoms with Gasteiger partial charge in [-0.25, -0.2) is 0 Å². The average molecular weight is 377 g/mol. The van der Waals surface area contributed by atoms with Crippen LogP contribution in [0.3, 0.4) is 0 Å². The minimum absolute atomic E-state index is 0.179. The van der Waals surface area contributed by atoms with Crippen molar-refractivity contribution in [2.24, 2.45) is 5.18 Å². The van der Waals surface area contributed by atoms with Gasteiger partial charge in [-0.05, 0) is 34.1 Å². The molecule has 0 aliphatic carbocycles. The quantitative estimate of drug-likeness (QED) is 0.293. The third-order valence-corrected chi connectivity index (χ3v) is 4.60. The van der Waals surface area contributed by atoms with E-state index in [9.17, 15) is 20.1 Å². The van der Waals surface area contributed by atoms with E-state index in [1.54, 1.807) is 0 Å². The van der Waals surface area contributed by atoms with Gasteiger partial charge in [-0.1, -0.05) is 30.3 Å². The summed E-state index contributed by atoms with van der Waals surface area (Å²) in [6, 6.07) is 17.7. The lowest BCUT2D eigenvalue weighted by Gasteiger charge is -2.10. The highest BCUT2D eigenvalue weighted by atomic mass is 16.6. The second-order valence-electron chi connectivity index (χ2n) is 6.23. The maximum atomic E-state index is 11.1. The number of nitroso groups, excluding NO2 is 1. The summed E-state index contributed by atoms with van der Waals surface area (Å²) in [6.45, 7) is 0.466. The zero-order valence-corrected chi connectivity index (χ0v) is 14.6. The molecule has 8 nitrogen and oxygen atoms in total. The van der Waals surface area contributed by atoms with Crippen LogP contribution in [0.1, 0.15) is 0 Å². The molecule has 4 rings (SSSR count). The average Bonchev–Trinajstić information content (AvgIpc) is 2.98. The summed E-state index contributed by atoms with van der Waals surface area (Å²) in [4.78, 5) is 21.5. The van der Waals surface area contributed by atoms with Gasteiger partial charge in [0, 0.05) is 17.5 Å². The summed E-state index contributed by atoms with van der Waals surface area (Å²) in [5, 5.41) is 26.5. The Hall–Kier alpha value is -3.94. The maximum Gasteiger partial charge on any atom is 0.270 e. The molecule has 3 aromatic carbocycles. The van der Waals surface area contributed by atoms with E-state index in [0.29, 0.717) is 11.3 Å². The van der Waals surface area contributed by atoms with Crippen LogP contribution in [0.2, 0.25) is 0 Å². The molecule has 1 N–H and O–H groups in total. The zero-order chi connectivity index (χ0) is 19.7. The monoisotopic (exact) mass is 377 g/mol. The Morgan fingerprint density at radius 2 is 1.86 bits per heavy atom. The number of hydrogen-bond donors (Lipinski definition) is 1. The minimum atomic E-state index is -0.564. The van der Waals surface area contributed by atoms with Crippen molar-refractivity contribution in [2.45, 2.75) is 6.54 Å². The van der Waals surface area contributed by atoms with Crippen molar-refractivity contribution in [3.63, 3.8) is 0 Å². The van der Waals surface area contributed by atoms with Gasteiger partial charge in [-0.15, -0.1) is 4.91 Å². The van der Waals surface area contributed by atoms with Crippen molar-refractivity contribution in [2.75, 3.05) is 6.61 Å². The molecular weight excluding hydrogens is 362 g/mol. The summed E-state index contributed by atoms with van der Waals surface area (Å²) in [6.07, 6.45) is 0. The molecule has 0 aliphatic rings. The number of ether oxygens (including phenoxy) is 1. The molecule has 4 aromatic rings. The second kappa shape index (κ2) is 6.99. The number of nitrogens with zero attached hydrogens (tertiary/aromatic N) is 3. The first kappa shape index (κ1) is 17.5. The Morgan fingerprint density at radius 3 is 2.61 bits per heavy atom. The summed E-state index contributed by atoms with van der Waals surface area (Å²) in [7, 11) is 0. The topological polar surface area (TPSA) is 107 Å². The van der Waals surface area contributed by atoms with Crippen LogP contribution in [0, 0.1) is 15.0 Å². The number of benzene rings is 3. The highest BCUT2D eigenvalue weighted by molar-refractivity contribution is 5.96. The van der Waals surface area contributed by atoms with E-state index in [4.69, 9.17) is 4.74 Å². The molecule has 0 radical (unpaired) electrons. The van der Waals surface area contributed by atoms with Crippen LogP contribution in [0.5, 0.6) is 11.6 Å². The molecule has 0 spiro atoms. The zero-order valence-electron chi connectivity index (χ0n) is 14.6. The van der Waals surface area contributed by atoms with Gasteiger partial charge in [-0.3, -0.25) is 10.1 Å². The molecule has 0 saturated heterocycles. The number of aromatic hydroxyl groups is 1. The predicted octanol–water partition coefficient (Wildman–Crippen LogP) is 4.89. The van der Waals surface area contributed by atoms with Gasteiger partial charge in [-0.2, -0.15) is 0 Å². The van der Waals surface area contributed by atoms with E-state index in [-0.39, 0.29) is 35.8 Å². The second-order valence-corrected chi connectivity index (χ2v) is 6.23. The Balaban J connectivity index is 1.59. The van der Waals surface area contributed by atoms with Gasteiger partial charge >= 0.3 is 0 Å². The van der Waals surface area contributed by atoms with Crippen LogP contribution in [0.25, 0.3) is 21.7 Å². The van der Waals surface area contributed by atoms with Crippen molar-refractivity contribution in [3.05, 3.63) is 75.7 Å². The first-order chi connectivity index (χ1) is 13.6. The van der Waals surface area contributed by atoms with Gasteiger partial charge < -0.3 is 14.4 Å². The molecule has 0 atom stereocenters. The van der Waals surface area contributed by atoms with Gasteiger partial charge in [0.05, 0.1) is 17.0 Å². The summed E-state index contributed by atoms with van der Waals surface area (Å²) < 4.78 is 7.23. The molecule has 0 saturated carbocycles. The molecule has 0 unspecified atom stereocenters. The number of nitro benzene ring substituents is 1. The summed E-state index contributed by atoms with van der Waals surface area (Å²) in [5.41, 5.74) is 0.0752. The first-order valence-corrected chi connectivity index (χ1v) is 8.53. The first-order valence-electron chi connectivity index (χ1n) is 8.53. The fourth-order valence-electron chi connectivity index (χ4n) is 3.25. The van der Waals surface area contributed by atoms with Crippen LogP contribution in [0.15, 0.2) is 65.8 Å². The molecule has 1 aromatic heterocycles. The molecule has 0 amide bonds. The number of aromatic nitrogens is 1. The molecular formula is C20H15N3O5. The lowest BCUT2D eigenvalue weighted by molar-refractivity contribution is -0.384. The number of rotatable bonds is 6. The van der Waals surface area contributed by atoms with Gasteiger partial charge in [0.15, 0.2) is 5.69 Å². The normalized spacial score (nSPS) is 11.0. The Labute approximate surface area is 158 Å². The molecule has 28 heavy (non-hydrogen) atoms. The minimum Gasteiger partial charge on any atom is -0.493 e. The fourth-order valence-corrected chi connectivity index (χ4v) is 3.25. The Morgan fingerprint density at radius 1 is 1.07 bits per heavy atom. The summed E-state index contributed by atoms with van der Waals surface area (Å²) in [5.74, 6) is 0.339. The van der Waals surface area contributed by atoms with E-state index in [1.165, 1.54) is 22.8 Å². The highest BCUT2D eigenvalue weighted by Crippen LogP contribution is 2.39. The smallest absolute Gasteiger partial charge is 0.270 e. The molecule has 0 fully saturated rings. The van der Waals surface area contributed by atoms with Gasteiger partial charge in [0.25, 0.3) is 5.69 Å². The number of hydrogen-bond acceptors (Lipinski definition) is 6. The fraction of sp³-hybridized carbons (Fsp3) is 0.100. The largest absolute Gasteiger partial charge is 0.493 e. The standard InChI is InChI=1S/C20H15N3O5/c24-20-19(21-25)17-12-15(23(26)27)6-8-18(17)22(20)9-10-28-16-7-5-13-3-1-2-4-14(13)11-16/h1-8,11-12,24H,9-10H2. The van der Waals surface area contributed by atoms with E-state index >= 15 is 0 Å². The van der Waals surface area contributed by atoms with Crippen LogP contribution in [-0.2, 0) is 6.54 Å². The summed E-state index contributed by atoms with van der Waals surface area (Å²) >= 11 is 0. The van der Waals surface area contributed by atoms with Crippen LogP contribution < -0.4 is 4.74 Å². The molecule has 140 valence electrons. The van der Waals surface area contributed by atoms with Crippen molar-refractivity contribution in [1.29, 1.82) is 0 Å². The van der Waals surface area contributed by atoms with Crippen molar-refractivity contribution in [1.82, 2.24) is 4.57 Å². The lowest BCUT2D eigenvalue weighted by atomic mass is 10.1. The van der Waals surface area contributed by atoms with Crippen molar-refractivity contribution in [3.8, 4) is 11.6 Å². The predicted molar refractivity (Wildman–Crippen MR) is 105 cm³/mol. The van der Waals surface area contributed by atoms with E-state index < -0.39 is 4.92 Å². The Kier molecular flexibility index (Phi) is 4.36. The van der Waals surface area contributed by atoms with Crippen molar-refractivity contribution < 1.29 is 14.8 Å². The van der Waals surface area contributed by atoms with E-state index in [0.717, 1.165) is 10.8 Å². The molecule has 8 heteroatoms. The van der Waals surface area contributed by atoms with Crippen molar-refractivity contribution >= 4 is 33.1 Å². The van der Waals surface area contributed by atoms with Crippen LogP contribution in [0.4, 0.5) is 11.4 Å². The number of non-ortho nitro benzene ring substituents is 1. The lowest BCUT2D eigenvalue weighted by Crippen LogP contribution is -2.07. The molecule has 0 bridgehead atoms. The van der Waals surface area contributed by atoms with E-state index in [1.807, 2.05) is 42.5 Å². The molecule has 0 aliphatic heterocycles.